The van der Waals surface area contributed by atoms with Crippen molar-refractivity contribution >= 4 is 10.1 Å². The van der Waals surface area contributed by atoms with Crippen LogP contribution in [0.25, 0.3) is 0 Å². The Labute approximate surface area is 108 Å². The van der Waals surface area contributed by atoms with Crippen molar-refractivity contribution in [3.63, 3.8) is 0 Å². The van der Waals surface area contributed by atoms with Crippen LogP contribution in [0.2, 0.25) is 0 Å². The molecule has 0 fully saturated rings. The van der Waals surface area contributed by atoms with E-state index in [1.807, 2.05) is 0 Å². The maximum absolute atomic E-state index is 10.2. The fraction of sp³-hybridized carbons (Fsp3) is 1.00. The van der Waals surface area contributed by atoms with Gasteiger partial charge in [0.1, 0.15) is 14.9 Å². The molecule has 62 valence electrons. The minimum atomic E-state index is -4.61. The van der Waals surface area contributed by atoms with Gasteiger partial charge < -0.3 is 14.8 Å². The largest absolute Gasteiger partial charge is 1.00 e. The number of rotatable bonds is 3. The van der Waals surface area contributed by atoms with Crippen molar-refractivity contribution in [3.8, 4) is 0 Å². The molecule has 7 heteroatoms. The standard InChI is InChI=1S/C4H10O5S.K/c1-4(2-5,3-6)10(7,8)9;/h5-6H,2-3H2,1H3,(H,7,8,9);/q;+1/p-1. The van der Waals surface area contributed by atoms with Gasteiger partial charge in [-0.25, -0.2) is 8.42 Å². The van der Waals surface area contributed by atoms with E-state index in [1.54, 1.807) is 0 Å². The zero-order valence-electron chi connectivity index (χ0n) is 6.44. The maximum Gasteiger partial charge on any atom is 1.00 e. The molecule has 0 aromatic rings. The number of aliphatic hydroxyl groups excluding tert-OH is 2. The van der Waals surface area contributed by atoms with E-state index in [9.17, 15) is 13.0 Å². The molecule has 0 aromatic heterocycles. The summed E-state index contributed by atoms with van der Waals surface area (Å²) in [5, 5.41) is 16.8. The van der Waals surface area contributed by atoms with Gasteiger partial charge in [0.05, 0.1) is 13.2 Å². The Balaban J connectivity index is 0. The fourth-order valence-corrected chi connectivity index (χ4v) is 0.524. The summed E-state index contributed by atoms with van der Waals surface area (Å²) in [4.78, 5) is 0. The summed E-state index contributed by atoms with van der Waals surface area (Å²) in [6, 6.07) is 0. The Morgan fingerprint density at radius 1 is 1.36 bits per heavy atom. The molecule has 0 saturated carbocycles. The maximum atomic E-state index is 10.2. The molecule has 0 aromatic carbocycles. The second kappa shape index (κ2) is 5.25. The normalized spacial score (nSPS) is 12.4. The van der Waals surface area contributed by atoms with Gasteiger partial charge in [-0.2, -0.15) is 0 Å². The third kappa shape index (κ3) is 3.79. The van der Waals surface area contributed by atoms with Gasteiger partial charge in [-0.15, -0.1) is 0 Å². The van der Waals surface area contributed by atoms with Crippen LogP contribution in [0.15, 0.2) is 0 Å². The van der Waals surface area contributed by atoms with Gasteiger partial charge in [0.2, 0.25) is 0 Å². The van der Waals surface area contributed by atoms with Crippen LogP contribution in [0.1, 0.15) is 6.92 Å². The van der Waals surface area contributed by atoms with Crippen molar-refractivity contribution in [2.75, 3.05) is 13.2 Å². The molecule has 2 N–H and O–H groups in total. The van der Waals surface area contributed by atoms with E-state index in [4.69, 9.17) is 10.2 Å². The molecule has 11 heavy (non-hydrogen) atoms. The topological polar surface area (TPSA) is 97.7 Å². The first-order valence-electron chi connectivity index (χ1n) is 2.54. The summed E-state index contributed by atoms with van der Waals surface area (Å²) >= 11 is 0. The van der Waals surface area contributed by atoms with Crippen LogP contribution in [0.3, 0.4) is 0 Å². The van der Waals surface area contributed by atoms with Crippen LogP contribution in [-0.4, -0.2) is 41.1 Å². The molecule has 0 heterocycles. The molecule has 0 bridgehead atoms. The first kappa shape index (κ1) is 15.0. The second-order valence-electron chi connectivity index (χ2n) is 2.22. The van der Waals surface area contributed by atoms with Crippen LogP contribution in [0.4, 0.5) is 0 Å². The smallest absolute Gasteiger partial charge is 0.747 e. The Morgan fingerprint density at radius 3 is 1.64 bits per heavy atom. The summed E-state index contributed by atoms with van der Waals surface area (Å²) in [7, 11) is -4.61. The molecule has 0 unspecified atom stereocenters. The number of aliphatic hydroxyl groups is 2. The summed E-state index contributed by atoms with van der Waals surface area (Å²) in [6.07, 6.45) is 0. The van der Waals surface area contributed by atoms with Gasteiger partial charge in [0.15, 0.2) is 0 Å². The minimum Gasteiger partial charge on any atom is -0.747 e. The van der Waals surface area contributed by atoms with Crippen molar-refractivity contribution in [3.05, 3.63) is 0 Å². The molecule has 0 spiro atoms. The zero-order chi connectivity index (χ0) is 8.41. The molecule has 0 aliphatic carbocycles. The Morgan fingerprint density at radius 2 is 1.64 bits per heavy atom. The van der Waals surface area contributed by atoms with Crippen LogP contribution in [0.5, 0.6) is 0 Å². The summed E-state index contributed by atoms with van der Waals surface area (Å²) < 4.78 is 28.8. The van der Waals surface area contributed by atoms with Crippen molar-refractivity contribution < 1.29 is 74.6 Å². The minimum absolute atomic E-state index is 0. The third-order valence-electron chi connectivity index (χ3n) is 1.27. The summed E-state index contributed by atoms with van der Waals surface area (Å²) in [5.41, 5.74) is 0. The monoisotopic (exact) mass is 208 g/mol. The first-order valence-corrected chi connectivity index (χ1v) is 3.95. The first-order chi connectivity index (χ1) is 4.37. The van der Waals surface area contributed by atoms with Gasteiger partial charge in [0.25, 0.3) is 0 Å². The van der Waals surface area contributed by atoms with E-state index in [0.29, 0.717) is 0 Å². The van der Waals surface area contributed by atoms with E-state index in [2.05, 4.69) is 0 Å². The van der Waals surface area contributed by atoms with Gasteiger partial charge in [-0.3, -0.25) is 0 Å². The quantitative estimate of drug-likeness (QED) is 0.359. The number of hydrogen-bond acceptors (Lipinski definition) is 5. The Hall–Kier alpha value is 1.47. The summed E-state index contributed by atoms with van der Waals surface area (Å²) in [6.45, 7) is -0.750. The molecule has 0 saturated heterocycles. The predicted octanol–water partition coefficient (Wildman–Crippen LogP) is -4.72. The third-order valence-corrected chi connectivity index (χ3v) is 2.74. The predicted molar refractivity (Wildman–Crippen MR) is 32.3 cm³/mol. The fourth-order valence-electron chi connectivity index (χ4n) is 0.208. The Kier molecular flexibility index (Phi) is 7.14. The van der Waals surface area contributed by atoms with Crippen molar-refractivity contribution in [1.29, 1.82) is 0 Å². The molecular weight excluding hydrogens is 199 g/mol. The molecular formula is C4H9KO5S. The average Bonchev–Trinajstić information content (AvgIpc) is 1.84. The van der Waals surface area contributed by atoms with E-state index in [-0.39, 0.29) is 51.4 Å². The van der Waals surface area contributed by atoms with Gasteiger partial charge in [-0.1, -0.05) is 0 Å². The van der Waals surface area contributed by atoms with Crippen molar-refractivity contribution in [2.45, 2.75) is 11.7 Å². The van der Waals surface area contributed by atoms with Crippen LogP contribution >= 0.6 is 0 Å². The van der Waals surface area contributed by atoms with Crippen molar-refractivity contribution in [2.24, 2.45) is 0 Å². The average molecular weight is 208 g/mol. The van der Waals surface area contributed by atoms with Crippen LogP contribution in [0, 0.1) is 0 Å². The molecule has 0 amide bonds. The van der Waals surface area contributed by atoms with Gasteiger partial charge >= 0.3 is 51.4 Å². The van der Waals surface area contributed by atoms with E-state index in [1.165, 1.54) is 0 Å². The molecule has 5 nitrogen and oxygen atoms in total. The molecule has 0 aliphatic heterocycles. The van der Waals surface area contributed by atoms with Crippen LogP contribution in [-0.2, 0) is 10.1 Å². The summed E-state index contributed by atoms with van der Waals surface area (Å²) in [5.74, 6) is 0. The van der Waals surface area contributed by atoms with E-state index >= 15 is 0 Å². The molecule has 0 radical (unpaired) electrons. The second-order valence-corrected chi connectivity index (χ2v) is 4.11. The van der Waals surface area contributed by atoms with Gasteiger partial charge in [-0.05, 0) is 6.92 Å². The molecule has 0 rings (SSSR count). The van der Waals surface area contributed by atoms with Crippen molar-refractivity contribution in [1.82, 2.24) is 0 Å². The molecule has 0 aliphatic rings. The Bertz CT molecular complexity index is 195. The number of hydrogen-bond donors (Lipinski definition) is 2. The van der Waals surface area contributed by atoms with Gasteiger partial charge in [0, 0.05) is 0 Å². The van der Waals surface area contributed by atoms with E-state index in [0.717, 1.165) is 6.92 Å². The van der Waals surface area contributed by atoms with E-state index < -0.39 is 28.1 Å². The zero-order valence-corrected chi connectivity index (χ0v) is 10.4. The molecule has 0 atom stereocenters. The SMILES string of the molecule is CC(CO)(CO)S(=O)(=O)[O-].[K+]. The van der Waals surface area contributed by atoms with Crippen LogP contribution < -0.4 is 51.4 Å².